The van der Waals surface area contributed by atoms with Gasteiger partial charge >= 0.3 is 5.97 Å². The first-order chi connectivity index (χ1) is 10.3. The number of halogens is 1. The fourth-order valence-corrected chi connectivity index (χ4v) is 3.47. The summed E-state index contributed by atoms with van der Waals surface area (Å²) in [4.78, 5) is 11.0. The molecule has 7 heteroatoms. The summed E-state index contributed by atoms with van der Waals surface area (Å²) in [6.45, 7) is 0. The van der Waals surface area contributed by atoms with Crippen molar-refractivity contribution in [1.29, 1.82) is 0 Å². The second kappa shape index (κ2) is 6.37. The van der Waals surface area contributed by atoms with E-state index in [-0.39, 0.29) is 22.0 Å². The SMILES string of the molecule is CN(c1cc(C(=O)O)ccc1Cl)S(=O)(=O)Cc1ccccc1. The van der Waals surface area contributed by atoms with Crippen LogP contribution in [0.5, 0.6) is 0 Å². The van der Waals surface area contributed by atoms with Crippen molar-refractivity contribution >= 4 is 33.3 Å². The van der Waals surface area contributed by atoms with Crippen LogP contribution in [0, 0.1) is 0 Å². The summed E-state index contributed by atoms with van der Waals surface area (Å²) in [5, 5.41) is 9.18. The van der Waals surface area contributed by atoms with E-state index in [2.05, 4.69) is 0 Å². The second-order valence-electron chi connectivity index (χ2n) is 4.68. The molecule has 0 amide bonds. The number of sulfonamides is 1. The van der Waals surface area contributed by atoms with Gasteiger partial charge in [-0.15, -0.1) is 0 Å². The lowest BCUT2D eigenvalue weighted by Gasteiger charge is -2.21. The first-order valence-corrected chi connectivity index (χ1v) is 8.33. The molecule has 0 bridgehead atoms. The number of anilines is 1. The molecule has 22 heavy (non-hydrogen) atoms. The number of nitrogens with zero attached hydrogens (tertiary/aromatic N) is 1. The quantitative estimate of drug-likeness (QED) is 0.908. The summed E-state index contributed by atoms with van der Waals surface area (Å²) in [6.07, 6.45) is 0. The van der Waals surface area contributed by atoms with Crippen LogP contribution in [0.15, 0.2) is 48.5 Å². The third-order valence-electron chi connectivity index (χ3n) is 3.14. The third kappa shape index (κ3) is 3.58. The van der Waals surface area contributed by atoms with Crippen LogP contribution >= 0.6 is 11.6 Å². The van der Waals surface area contributed by atoms with E-state index in [4.69, 9.17) is 16.7 Å². The lowest BCUT2D eigenvalue weighted by atomic mass is 10.2. The van der Waals surface area contributed by atoms with Gasteiger partial charge in [-0.05, 0) is 23.8 Å². The van der Waals surface area contributed by atoms with Gasteiger partial charge in [0.1, 0.15) is 0 Å². The number of rotatable bonds is 5. The van der Waals surface area contributed by atoms with Gasteiger partial charge < -0.3 is 5.11 Å². The highest BCUT2D eigenvalue weighted by atomic mass is 35.5. The highest BCUT2D eigenvalue weighted by Gasteiger charge is 2.22. The van der Waals surface area contributed by atoms with Crippen LogP contribution in [0.1, 0.15) is 15.9 Å². The molecule has 5 nitrogen and oxygen atoms in total. The predicted molar refractivity (Wildman–Crippen MR) is 85.9 cm³/mol. The Bertz CT molecular complexity index is 790. The van der Waals surface area contributed by atoms with Gasteiger partial charge in [-0.2, -0.15) is 0 Å². The second-order valence-corrected chi connectivity index (χ2v) is 7.09. The van der Waals surface area contributed by atoms with Crippen LogP contribution in [0.25, 0.3) is 0 Å². The minimum absolute atomic E-state index is 0.0267. The normalized spacial score (nSPS) is 11.2. The van der Waals surface area contributed by atoms with E-state index in [1.807, 2.05) is 0 Å². The van der Waals surface area contributed by atoms with E-state index in [0.717, 1.165) is 4.31 Å². The van der Waals surface area contributed by atoms with Gasteiger partial charge in [-0.25, -0.2) is 13.2 Å². The summed E-state index contributed by atoms with van der Waals surface area (Å²) < 4.78 is 25.9. The van der Waals surface area contributed by atoms with Crippen LogP contribution in [0.3, 0.4) is 0 Å². The van der Waals surface area contributed by atoms with E-state index in [0.29, 0.717) is 5.56 Å². The number of hydrogen-bond acceptors (Lipinski definition) is 3. The average molecular weight is 340 g/mol. The Labute approximate surface area is 133 Å². The average Bonchev–Trinajstić information content (AvgIpc) is 2.47. The van der Waals surface area contributed by atoms with E-state index in [1.54, 1.807) is 30.3 Å². The summed E-state index contributed by atoms with van der Waals surface area (Å²) in [7, 11) is -2.32. The number of carboxylic acid groups (broad SMARTS) is 1. The van der Waals surface area contributed by atoms with Gasteiger partial charge in [0, 0.05) is 7.05 Å². The number of carbonyl (C=O) groups is 1. The van der Waals surface area contributed by atoms with Gasteiger partial charge in [0.15, 0.2) is 0 Å². The van der Waals surface area contributed by atoms with Crippen molar-refractivity contribution in [3.63, 3.8) is 0 Å². The minimum Gasteiger partial charge on any atom is -0.478 e. The minimum atomic E-state index is -3.68. The van der Waals surface area contributed by atoms with Gasteiger partial charge in [0.05, 0.1) is 22.0 Å². The summed E-state index contributed by atoms with van der Waals surface area (Å²) in [5.41, 5.74) is 0.749. The van der Waals surface area contributed by atoms with Crippen LogP contribution in [0.2, 0.25) is 5.02 Å². The summed E-state index contributed by atoms with van der Waals surface area (Å²) in [6, 6.07) is 12.7. The fourth-order valence-electron chi connectivity index (χ4n) is 1.92. The number of aromatic carboxylic acids is 1. The fraction of sp³-hybridized carbons (Fsp3) is 0.133. The maximum Gasteiger partial charge on any atom is 0.335 e. The first-order valence-electron chi connectivity index (χ1n) is 6.34. The lowest BCUT2D eigenvalue weighted by Crippen LogP contribution is -2.28. The molecular formula is C15H14ClNO4S. The summed E-state index contributed by atoms with van der Waals surface area (Å²) >= 11 is 6.01. The van der Waals surface area contributed by atoms with Crippen molar-refractivity contribution in [2.24, 2.45) is 0 Å². The molecule has 116 valence electrons. The molecular weight excluding hydrogens is 326 g/mol. The van der Waals surface area contributed by atoms with E-state index in [1.165, 1.54) is 25.2 Å². The maximum absolute atomic E-state index is 12.5. The smallest absolute Gasteiger partial charge is 0.335 e. The third-order valence-corrected chi connectivity index (χ3v) is 5.19. The van der Waals surface area contributed by atoms with Crippen molar-refractivity contribution in [3.05, 3.63) is 64.7 Å². The Kier molecular flexibility index (Phi) is 4.73. The van der Waals surface area contributed by atoms with E-state index in [9.17, 15) is 13.2 Å². The van der Waals surface area contributed by atoms with Crippen LogP contribution in [-0.4, -0.2) is 26.5 Å². The highest BCUT2D eigenvalue weighted by molar-refractivity contribution is 7.92. The van der Waals surface area contributed by atoms with Crippen molar-refractivity contribution in [2.75, 3.05) is 11.4 Å². The number of carboxylic acids is 1. The van der Waals surface area contributed by atoms with Crippen molar-refractivity contribution in [2.45, 2.75) is 5.75 Å². The lowest BCUT2D eigenvalue weighted by molar-refractivity contribution is 0.0697. The van der Waals surface area contributed by atoms with E-state index < -0.39 is 16.0 Å². The molecule has 1 N–H and O–H groups in total. The predicted octanol–water partition coefficient (Wildman–Crippen LogP) is 3.00. The number of benzene rings is 2. The van der Waals surface area contributed by atoms with Crippen molar-refractivity contribution in [1.82, 2.24) is 0 Å². The molecule has 0 radical (unpaired) electrons. The molecule has 0 aliphatic rings. The topological polar surface area (TPSA) is 74.7 Å². The van der Waals surface area contributed by atoms with Gasteiger partial charge in [-0.3, -0.25) is 4.31 Å². The van der Waals surface area contributed by atoms with Crippen molar-refractivity contribution in [3.8, 4) is 0 Å². The zero-order chi connectivity index (χ0) is 16.3. The molecule has 0 atom stereocenters. The molecule has 0 aliphatic heterocycles. The Morgan fingerprint density at radius 2 is 1.82 bits per heavy atom. The maximum atomic E-state index is 12.5. The van der Waals surface area contributed by atoms with Gasteiger partial charge in [-0.1, -0.05) is 41.9 Å². The zero-order valence-corrected chi connectivity index (χ0v) is 13.3. The van der Waals surface area contributed by atoms with Gasteiger partial charge in [0.2, 0.25) is 10.0 Å². The molecule has 2 aromatic rings. The summed E-state index contributed by atoms with van der Waals surface area (Å²) in [5.74, 6) is -1.34. The molecule has 0 saturated carbocycles. The molecule has 0 saturated heterocycles. The largest absolute Gasteiger partial charge is 0.478 e. The van der Waals surface area contributed by atoms with Crippen LogP contribution in [0.4, 0.5) is 5.69 Å². The molecule has 0 spiro atoms. The molecule has 0 aromatic heterocycles. The molecule has 2 aromatic carbocycles. The highest BCUT2D eigenvalue weighted by Crippen LogP contribution is 2.29. The van der Waals surface area contributed by atoms with Crippen LogP contribution in [-0.2, 0) is 15.8 Å². The molecule has 0 heterocycles. The van der Waals surface area contributed by atoms with Crippen LogP contribution < -0.4 is 4.31 Å². The number of hydrogen-bond donors (Lipinski definition) is 1. The standard InChI is InChI=1S/C15H14ClNO4S/c1-17(14-9-12(15(18)19)7-8-13(14)16)22(20,21)10-11-5-3-2-4-6-11/h2-9H,10H2,1H3,(H,18,19). The van der Waals surface area contributed by atoms with Gasteiger partial charge in [0.25, 0.3) is 0 Å². The zero-order valence-electron chi connectivity index (χ0n) is 11.7. The molecule has 0 aliphatic carbocycles. The molecule has 2 rings (SSSR count). The van der Waals surface area contributed by atoms with Crippen molar-refractivity contribution < 1.29 is 18.3 Å². The monoisotopic (exact) mass is 339 g/mol. The molecule has 0 fully saturated rings. The Balaban J connectivity index is 2.36. The Hall–Kier alpha value is -2.05. The molecule has 0 unspecified atom stereocenters. The Morgan fingerprint density at radius 1 is 1.18 bits per heavy atom. The Morgan fingerprint density at radius 3 is 2.41 bits per heavy atom. The van der Waals surface area contributed by atoms with E-state index >= 15 is 0 Å². The first kappa shape index (κ1) is 16.3.